The maximum atomic E-state index is 12.8. The molecule has 12 heteroatoms. The summed E-state index contributed by atoms with van der Waals surface area (Å²) in [5.74, 6) is -1.98. The van der Waals surface area contributed by atoms with Crippen LogP contribution in [-0.4, -0.2) is 44.2 Å². The average Bonchev–Trinajstić information content (AvgIpc) is 2.77. The molecule has 0 bridgehead atoms. The molecule has 0 aliphatic carbocycles. The summed E-state index contributed by atoms with van der Waals surface area (Å²) in [6.45, 7) is 1.53. The number of nitrogens with one attached hydrogen (secondary N) is 3. The van der Waals surface area contributed by atoms with Gasteiger partial charge in [-0.3, -0.25) is 14.4 Å². The van der Waals surface area contributed by atoms with Crippen LogP contribution in [0.3, 0.4) is 0 Å². The van der Waals surface area contributed by atoms with Gasteiger partial charge in [0.05, 0.1) is 18.4 Å². The zero-order valence-corrected chi connectivity index (χ0v) is 17.7. The van der Waals surface area contributed by atoms with Crippen molar-refractivity contribution in [2.45, 2.75) is 13.1 Å². The molecule has 0 atom stereocenters. The van der Waals surface area contributed by atoms with Crippen LogP contribution in [0.15, 0.2) is 47.6 Å². The van der Waals surface area contributed by atoms with Crippen LogP contribution in [-0.2, 0) is 20.6 Å². The molecule has 0 aliphatic rings. The van der Waals surface area contributed by atoms with Crippen LogP contribution in [0.2, 0.25) is 0 Å². The summed E-state index contributed by atoms with van der Waals surface area (Å²) in [6.07, 6.45) is -3.26. The minimum Gasteiger partial charge on any atom is -0.490 e. The van der Waals surface area contributed by atoms with Crippen LogP contribution in [0.1, 0.15) is 18.1 Å². The fourth-order valence-electron chi connectivity index (χ4n) is 2.44. The third kappa shape index (κ3) is 7.83. The van der Waals surface area contributed by atoms with E-state index in [2.05, 4.69) is 15.7 Å². The van der Waals surface area contributed by atoms with Crippen molar-refractivity contribution in [3.63, 3.8) is 0 Å². The van der Waals surface area contributed by atoms with Gasteiger partial charge in [0.1, 0.15) is 0 Å². The molecule has 0 aromatic heterocycles. The number of carbonyl (C=O) groups is 3. The molecule has 2 aromatic rings. The quantitative estimate of drug-likeness (QED) is 0.314. The summed E-state index contributed by atoms with van der Waals surface area (Å²) in [6, 6.07) is 8.80. The van der Waals surface area contributed by atoms with Gasteiger partial charge in [-0.2, -0.15) is 18.3 Å². The van der Waals surface area contributed by atoms with E-state index in [0.717, 1.165) is 12.1 Å². The van der Waals surface area contributed by atoms with Crippen LogP contribution in [0, 0.1) is 0 Å². The molecule has 2 rings (SSSR count). The number of alkyl halides is 3. The Balaban J connectivity index is 2.01. The number of ether oxygens (including phenoxy) is 2. The molecule has 0 radical (unpaired) electrons. The van der Waals surface area contributed by atoms with Crippen molar-refractivity contribution in [1.29, 1.82) is 0 Å². The van der Waals surface area contributed by atoms with Crippen LogP contribution in [0.25, 0.3) is 0 Å². The largest absolute Gasteiger partial charge is 0.490 e. The van der Waals surface area contributed by atoms with E-state index in [0.29, 0.717) is 5.56 Å². The highest BCUT2D eigenvalue weighted by Crippen LogP contribution is 2.31. The fraction of sp³-hybridized carbons (Fsp3) is 0.238. The Morgan fingerprint density at radius 1 is 1.03 bits per heavy atom. The number of nitrogens with zero attached hydrogens (tertiary/aromatic N) is 1. The van der Waals surface area contributed by atoms with E-state index in [9.17, 15) is 27.6 Å². The molecule has 3 amide bonds. The average molecular weight is 466 g/mol. The highest BCUT2D eigenvalue weighted by atomic mass is 19.4. The zero-order chi connectivity index (χ0) is 24.4. The molecule has 0 spiro atoms. The summed E-state index contributed by atoms with van der Waals surface area (Å²) in [5.41, 5.74) is 1.64. The number of rotatable bonds is 8. The topological polar surface area (TPSA) is 118 Å². The van der Waals surface area contributed by atoms with E-state index >= 15 is 0 Å². The van der Waals surface area contributed by atoms with Gasteiger partial charge in [0.15, 0.2) is 18.1 Å². The molecule has 2 aromatic carbocycles. The number of anilines is 1. The lowest BCUT2D eigenvalue weighted by Crippen LogP contribution is -2.35. The van der Waals surface area contributed by atoms with Gasteiger partial charge >= 0.3 is 18.0 Å². The van der Waals surface area contributed by atoms with Crippen molar-refractivity contribution >= 4 is 29.6 Å². The minimum absolute atomic E-state index is 0.0196. The van der Waals surface area contributed by atoms with Crippen molar-refractivity contribution in [2.75, 3.05) is 25.6 Å². The Morgan fingerprint density at radius 2 is 1.79 bits per heavy atom. The number of hydrogen-bond donors (Lipinski definition) is 3. The Morgan fingerprint density at radius 3 is 2.45 bits per heavy atom. The SMILES string of the molecule is CCOc1cc(/C=N\NC(=O)C(=O)NC)ccc1OCC(=O)Nc1cccc(C(F)(F)F)c1. The van der Waals surface area contributed by atoms with Gasteiger partial charge in [-0.15, -0.1) is 0 Å². The summed E-state index contributed by atoms with van der Waals surface area (Å²) in [5, 5.41) is 8.15. The fourth-order valence-corrected chi connectivity index (χ4v) is 2.44. The Hall–Kier alpha value is -4.09. The van der Waals surface area contributed by atoms with E-state index in [1.165, 1.54) is 37.5 Å². The standard InChI is InChI=1S/C21H21F3N4O5/c1-3-32-17-9-13(11-26-28-20(31)19(30)25-2)7-8-16(17)33-12-18(29)27-15-6-4-5-14(10-15)21(22,23)24/h4-11H,3,12H2,1-2H3,(H,25,30)(H,27,29)(H,28,31)/b26-11-. The Labute approximate surface area is 186 Å². The first-order valence-corrected chi connectivity index (χ1v) is 9.56. The summed E-state index contributed by atoms with van der Waals surface area (Å²) in [4.78, 5) is 34.6. The number of hydrogen-bond acceptors (Lipinski definition) is 6. The number of hydrazone groups is 1. The number of benzene rings is 2. The number of carbonyl (C=O) groups excluding carboxylic acids is 3. The highest BCUT2D eigenvalue weighted by Gasteiger charge is 2.30. The van der Waals surface area contributed by atoms with Crippen molar-refractivity contribution in [1.82, 2.24) is 10.7 Å². The first kappa shape index (κ1) is 25.2. The van der Waals surface area contributed by atoms with Crippen LogP contribution >= 0.6 is 0 Å². The van der Waals surface area contributed by atoms with E-state index in [1.54, 1.807) is 13.0 Å². The van der Waals surface area contributed by atoms with Gasteiger partial charge in [0, 0.05) is 12.7 Å². The van der Waals surface area contributed by atoms with Crippen LogP contribution in [0.5, 0.6) is 11.5 Å². The predicted octanol–water partition coefficient (Wildman–Crippen LogP) is 2.32. The molecule has 33 heavy (non-hydrogen) atoms. The second-order valence-corrected chi connectivity index (χ2v) is 6.33. The van der Waals surface area contributed by atoms with Crippen molar-refractivity contribution < 1.29 is 37.0 Å². The second kappa shape index (κ2) is 11.5. The van der Waals surface area contributed by atoms with Crippen LogP contribution < -0.4 is 25.5 Å². The van der Waals surface area contributed by atoms with Gasteiger partial charge in [-0.05, 0) is 48.9 Å². The van der Waals surface area contributed by atoms with Crippen molar-refractivity contribution in [2.24, 2.45) is 5.10 Å². The molecule has 9 nitrogen and oxygen atoms in total. The lowest BCUT2D eigenvalue weighted by atomic mass is 10.2. The minimum atomic E-state index is -4.53. The number of likely N-dealkylation sites (N-methyl/N-ethyl adjacent to an activating group) is 1. The molecular weight excluding hydrogens is 445 g/mol. The molecule has 3 N–H and O–H groups in total. The molecule has 0 saturated carbocycles. The molecule has 0 saturated heterocycles. The summed E-state index contributed by atoms with van der Waals surface area (Å²) in [7, 11) is 1.30. The summed E-state index contributed by atoms with van der Waals surface area (Å²) >= 11 is 0. The monoisotopic (exact) mass is 466 g/mol. The normalized spacial score (nSPS) is 11.1. The number of halogens is 3. The molecule has 0 fully saturated rings. The van der Waals surface area contributed by atoms with Gasteiger partial charge in [-0.1, -0.05) is 6.07 Å². The lowest BCUT2D eigenvalue weighted by Gasteiger charge is -2.13. The van der Waals surface area contributed by atoms with Gasteiger partial charge in [0.2, 0.25) is 0 Å². The number of amides is 3. The van der Waals surface area contributed by atoms with E-state index in [4.69, 9.17) is 9.47 Å². The Bertz CT molecular complexity index is 1040. The van der Waals surface area contributed by atoms with Crippen LogP contribution in [0.4, 0.5) is 18.9 Å². The molecular formula is C21H21F3N4O5. The van der Waals surface area contributed by atoms with Crippen molar-refractivity contribution in [3.05, 3.63) is 53.6 Å². The molecule has 0 aliphatic heterocycles. The molecule has 0 unspecified atom stereocenters. The zero-order valence-electron chi connectivity index (χ0n) is 17.7. The van der Waals surface area contributed by atoms with Gasteiger partial charge in [0.25, 0.3) is 5.91 Å². The maximum Gasteiger partial charge on any atom is 0.416 e. The van der Waals surface area contributed by atoms with Gasteiger partial charge in [-0.25, -0.2) is 5.43 Å². The van der Waals surface area contributed by atoms with E-state index in [-0.39, 0.29) is 23.8 Å². The molecule has 0 heterocycles. The van der Waals surface area contributed by atoms with Gasteiger partial charge < -0.3 is 20.1 Å². The Kier molecular flexibility index (Phi) is 8.78. The lowest BCUT2D eigenvalue weighted by molar-refractivity contribution is -0.138. The second-order valence-electron chi connectivity index (χ2n) is 6.33. The van der Waals surface area contributed by atoms with E-state index < -0.39 is 36.1 Å². The smallest absolute Gasteiger partial charge is 0.416 e. The van der Waals surface area contributed by atoms with Crippen molar-refractivity contribution in [3.8, 4) is 11.5 Å². The highest BCUT2D eigenvalue weighted by molar-refractivity contribution is 6.35. The molecule has 176 valence electrons. The van der Waals surface area contributed by atoms with E-state index in [1.807, 2.05) is 5.43 Å². The summed E-state index contributed by atoms with van der Waals surface area (Å²) < 4.78 is 49.3. The third-order valence-electron chi connectivity index (χ3n) is 3.91. The maximum absolute atomic E-state index is 12.8. The first-order chi connectivity index (χ1) is 15.6. The predicted molar refractivity (Wildman–Crippen MR) is 113 cm³/mol. The third-order valence-corrected chi connectivity index (χ3v) is 3.91. The first-order valence-electron chi connectivity index (χ1n) is 9.56.